The van der Waals surface area contributed by atoms with Gasteiger partial charge in [0.1, 0.15) is 6.10 Å². The average Bonchev–Trinajstić information content (AvgIpc) is 2.35. The first-order valence-electron chi connectivity index (χ1n) is 5.38. The van der Waals surface area contributed by atoms with Gasteiger partial charge < -0.3 is 5.11 Å². The summed E-state index contributed by atoms with van der Waals surface area (Å²) in [5.41, 5.74) is 2.42. The molecule has 0 saturated carbocycles. The predicted molar refractivity (Wildman–Crippen MR) is 76.7 cm³/mol. The molecule has 0 aliphatic rings. The van der Waals surface area contributed by atoms with Crippen molar-refractivity contribution in [3.63, 3.8) is 0 Å². The van der Waals surface area contributed by atoms with Gasteiger partial charge in [-0.2, -0.15) is 0 Å². The zero-order valence-electron chi connectivity index (χ0n) is 9.62. The van der Waals surface area contributed by atoms with E-state index in [4.69, 9.17) is 34.8 Å². The molecule has 18 heavy (non-hydrogen) atoms. The van der Waals surface area contributed by atoms with Gasteiger partial charge in [-0.3, -0.25) is 0 Å². The molecular weight excluding hydrogens is 291 g/mol. The molecule has 1 atom stereocenters. The van der Waals surface area contributed by atoms with Crippen LogP contribution < -0.4 is 0 Å². The Balaban J connectivity index is 2.44. The first-order chi connectivity index (χ1) is 8.49. The van der Waals surface area contributed by atoms with Gasteiger partial charge in [0.05, 0.1) is 10.0 Å². The summed E-state index contributed by atoms with van der Waals surface area (Å²) in [5.74, 6) is 0. The Hall–Kier alpha value is -0.730. The van der Waals surface area contributed by atoms with E-state index in [1.54, 1.807) is 30.3 Å². The van der Waals surface area contributed by atoms with Crippen LogP contribution >= 0.6 is 34.8 Å². The van der Waals surface area contributed by atoms with Crippen LogP contribution in [-0.4, -0.2) is 5.11 Å². The van der Waals surface area contributed by atoms with Crippen molar-refractivity contribution in [1.29, 1.82) is 0 Å². The van der Waals surface area contributed by atoms with Crippen LogP contribution in [0.3, 0.4) is 0 Å². The van der Waals surface area contributed by atoms with Crippen LogP contribution in [-0.2, 0) is 0 Å². The van der Waals surface area contributed by atoms with Crippen LogP contribution in [0, 0.1) is 6.92 Å². The van der Waals surface area contributed by atoms with E-state index in [0.29, 0.717) is 20.6 Å². The first kappa shape index (κ1) is 13.7. The van der Waals surface area contributed by atoms with Crippen molar-refractivity contribution in [2.75, 3.05) is 0 Å². The summed E-state index contributed by atoms with van der Waals surface area (Å²) in [6.07, 6.45) is -0.765. The average molecular weight is 302 g/mol. The molecule has 94 valence electrons. The minimum absolute atomic E-state index is 0.424. The van der Waals surface area contributed by atoms with Crippen LogP contribution in [0.1, 0.15) is 22.8 Å². The number of hydrogen-bond donors (Lipinski definition) is 1. The van der Waals surface area contributed by atoms with E-state index in [1.165, 1.54) is 0 Å². The molecule has 2 aromatic rings. The maximum Gasteiger partial charge on any atom is 0.104 e. The molecule has 1 unspecified atom stereocenters. The molecule has 2 aromatic carbocycles. The third-order valence-electron chi connectivity index (χ3n) is 2.80. The molecule has 0 aliphatic carbocycles. The summed E-state index contributed by atoms with van der Waals surface area (Å²) < 4.78 is 0. The van der Waals surface area contributed by atoms with Crippen LogP contribution in [0.5, 0.6) is 0 Å². The number of benzene rings is 2. The Morgan fingerprint density at radius 2 is 1.67 bits per heavy atom. The van der Waals surface area contributed by atoms with Gasteiger partial charge in [-0.25, -0.2) is 0 Å². The van der Waals surface area contributed by atoms with Gasteiger partial charge in [0.15, 0.2) is 0 Å². The van der Waals surface area contributed by atoms with Crippen molar-refractivity contribution in [2.24, 2.45) is 0 Å². The highest BCUT2D eigenvalue weighted by molar-refractivity contribution is 6.42. The highest BCUT2D eigenvalue weighted by Crippen LogP contribution is 2.31. The number of aliphatic hydroxyl groups excluding tert-OH is 1. The van der Waals surface area contributed by atoms with Gasteiger partial charge in [0.2, 0.25) is 0 Å². The maximum atomic E-state index is 10.4. The number of aliphatic hydroxyl groups is 1. The molecule has 0 spiro atoms. The van der Waals surface area contributed by atoms with E-state index in [2.05, 4.69) is 0 Å². The van der Waals surface area contributed by atoms with E-state index < -0.39 is 6.10 Å². The second-order valence-electron chi connectivity index (χ2n) is 4.08. The summed E-state index contributed by atoms with van der Waals surface area (Å²) in [7, 11) is 0. The van der Waals surface area contributed by atoms with Crippen LogP contribution in [0.25, 0.3) is 0 Å². The minimum atomic E-state index is -0.765. The largest absolute Gasteiger partial charge is 0.384 e. The first-order valence-corrected chi connectivity index (χ1v) is 6.51. The fraction of sp³-hybridized carbons (Fsp3) is 0.143. The number of hydrogen-bond acceptors (Lipinski definition) is 1. The van der Waals surface area contributed by atoms with E-state index in [1.807, 2.05) is 13.0 Å². The van der Waals surface area contributed by atoms with Crippen LogP contribution in [0.4, 0.5) is 0 Å². The smallest absolute Gasteiger partial charge is 0.104 e. The molecule has 0 bridgehead atoms. The van der Waals surface area contributed by atoms with E-state index in [0.717, 1.165) is 11.1 Å². The lowest BCUT2D eigenvalue weighted by Crippen LogP contribution is -2.02. The van der Waals surface area contributed by atoms with Crippen molar-refractivity contribution in [2.45, 2.75) is 13.0 Å². The lowest BCUT2D eigenvalue weighted by Gasteiger charge is -2.15. The van der Waals surface area contributed by atoms with E-state index in [-0.39, 0.29) is 0 Å². The Kier molecular flexibility index (Phi) is 4.18. The zero-order chi connectivity index (χ0) is 13.3. The summed E-state index contributed by atoms with van der Waals surface area (Å²) in [6.45, 7) is 1.92. The molecule has 1 N–H and O–H groups in total. The maximum absolute atomic E-state index is 10.4. The van der Waals surface area contributed by atoms with Gasteiger partial charge in [-0.05, 0) is 47.9 Å². The van der Waals surface area contributed by atoms with Crippen molar-refractivity contribution in [1.82, 2.24) is 0 Å². The summed E-state index contributed by atoms with van der Waals surface area (Å²) >= 11 is 17.7. The molecule has 0 radical (unpaired) electrons. The highest BCUT2D eigenvalue weighted by atomic mass is 35.5. The summed E-state index contributed by atoms with van der Waals surface area (Å²) in [6, 6.07) is 10.5. The molecule has 0 saturated heterocycles. The molecule has 0 fully saturated rings. The van der Waals surface area contributed by atoms with Crippen molar-refractivity contribution in [3.8, 4) is 0 Å². The van der Waals surface area contributed by atoms with Gasteiger partial charge in [-0.1, -0.05) is 46.9 Å². The van der Waals surface area contributed by atoms with Crippen molar-refractivity contribution < 1.29 is 5.11 Å². The Morgan fingerprint density at radius 1 is 0.944 bits per heavy atom. The van der Waals surface area contributed by atoms with Crippen molar-refractivity contribution >= 4 is 34.8 Å². The summed E-state index contributed by atoms with van der Waals surface area (Å²) in [4.78, 5) is 0. The standard InChI is InChI=1S/C14H11Cl3O/c1-8-2-4-10(15)7-11(8)14(18)9-3-5-12(16)13(17)6-9/h2-7,14,18H,1H3. The third-order valence-corrected chi connectivity index (χ3v) is 3.77. The Bertz CT molecular complexity index is 581. The molecule has 4 heteroatoms. The number of aryl methyl sites for hydroxylation is 1. The molecule has 0 aromatic heterocycles. The van der Waals surface area contributed by atoms with Crippen LogP contribution in [0.2, 0.25) is 15.1 Å². The predicted octanol–water partition coefficient (Wildman–Crippen LogP) is 5.04. The Labute approximate surface area is 121 Å². The molecule has 0 heterocycles. The van der Waals surface area contributed by atoms with E-state index in [9.17, 15) is 5.11 Å². The Morgan fingerprint density at radius 3 is 2.33 bits per heavy atom. The molecule has 0 aliphatic heterocycles. The molecule has 2 rings (SSSR count). The lowest BCUT2D eigenvalue weighted by atomic mass is 9.98. The van der Waals surface area contributed by atoms with Crippen molar-refractivity contribution in [3.05, 3.63) is 68.2 Å². The molecular formula is C14H11Cl3O. The second-order valence-corrected chi connectivity index (χ2v) is 5.33. The third kappa shape index (κ3) is 2.81. The fourth-order valence-electron chi connectivity index (χ4n) is 1.77. The topological polar surface area (TPSA) is 20.2 Å². The van der Waals surface area contributed by atoms with Crippen LogP contribution in [0.15, 0.2) is 36.4 Å². The molecule has 1 nitrogen and oxygen atoms in total. The SMILES string of the molecule is Cc1ccc(Cl)cc1C(O)c1ccc(Cl)c(Cl)c1. The van der Waals surface area contributed by atoms with Gasteiger partial charge in [-0.15, -0.1) is 0 Å². The number of halogens is 3. The van der Waals surface area contributed by atoms with Gasteiger partial charge >= 0.3 is 0 Å². The normalized spacial score (nSPS) is 12.5. The van der Waals surface area contributed by atoms with Gasteiger partial charge in [0, 0.05) is 5.02 Å². The molecule has 0 amide bonds. The lowest BCUT2D eigenvalue weighted by molar-refractivity contribution is 0.219. The number of rotatable bonds is 2. The highest BCUT2D eigenvalue weighted by Gasteiger charge is 2.14. The minimum Gasteiger partial charge on any atom is -0.384 e. The zero-order valence-corrected chi connectivity index (χ0v) is 11.9. The van der Waals surface area contributed by atoms with Gasteiger partial charge in [0.25, 0.3) is 0 Å². The second kappa shape index (κ2) is 5.50. The fourth-order valence-corrected chi connectivity index (χ4v) is 2.26. The quantitative estimate of drug-likeness (QED) is 0.824. The van der Waals surface area contributed by atoms with E-state index >= 15 is 0 Å². The monoisotopic (exact) mass is 300 g/mol. The summed E-state index contributed by atoms with van der Waals surface area (Å²) in [5, 5.41) is 11.8.